The monoisotopic (exact) mass is 286 g/mol. The molecule has 1 atom stereocenters. The summed E-state index contributed by atoms with van der Waals surface area (Å²) in [5, 5.41) is 9.55. The van der Waals surface area contributed by atoms with E-state index < -0.39 is 23.2 Å². The lowest BCUT2D eigenvalue weighted by Gasteiger charge is -2.19. The molecule has 1 fully saturated rings. The highest BCUT2D eigenvalue weighted by molar-refractivity contribution is 6.20. The zero-order chi connectivity index (χ0) is 15.0. The van der Waals surface area contributed by atoms with Gasteiger partial charge in [-0.3, -0.25) is 9.59 Å². The summed E-state index contributed by atoms with van der Waals surface area (Å²) in [4.78, 5) is 41.1. The number of nitriles is 1. The van der Waals surface area contributed by atoms with Gasteiger partial charge in [0.15, 0.2) is 5.41 Å². The first-order valence-corrected chi connectivity index (χ1v) is 6.28. The quantitative estimate of drug-likeness (QED) is 0.741. The van der Waals surface area contributed by atoms with Gasteiger partial charge in [-0.1, -0.05) is 17.2 Å². The summed E-state index contributed by atoms with van der Waals surface area (Å²) in [6.07, 6.45) is 0.172. The van der Waals surface area contributed by atoms with E-state index >= 15 is 0 Å². The molecule has 0 aliphatic carbocycles. The minimum Gasteiger partial charge on any atom is -0.379 e. The van der Waals surface area contributed by atoms with Crippen molar-refractivity contribution in [1.82, 2.24) is 5.06 Å². The summed E-state index contributed by atoms with van der Waals surface area (Å²) < 4.78 is 5.04. The smallest absolute Gasteiger partial charge is 0.355 e. The number of fused-ring (bicyclic) bond motifs is 1. The van der Waals surface area contributed by atoms with Crippen LogP contribution < -0.4 is 0 Å². The van der Waals surface area contributed by atoms with Crippen LogP contribution in [-0.4, -0.2) is 36.1 Å². The van der Waals surface area contributed by atoms with Crippen LogP contribution in [0.25, 0.3) is 0 Å². The van der Waals surface area contributed by atoms with Crippen LogP contribution in [0.2, 0.25) is 0 Å². The predicted octanol–water partition coefficient (Wildman–Crippen LogP) is 0.671. The number of carbonyl (C=O) groups is 3. The Balaban J connectivity index is 1.84. The Labute approximate surface area is 119 Å². The van der Waals surface area contributed by atoms with E-state index in [2.05, 4.69) is 0 Å². The maximum absolute atomic E-state index is 12.1. The normalized spacial score (nSPS) is 23.9. The molecule has 1 unspecified atom stereocenters. The van der Waals surface area contributed by atoms with E-state index in [9.17, 15) is 14.4 Å². The average molecular weight is 286 g/mol. The van der Waals surface area contributed by atoms with Crippen molar-refractivity contribution >= 4 is 17.8 Å². The number of hydrogen-bond donors (Lipinski definition) is 0. The standard InChI is InChI=1S/C14H10N2O5/c15-7-14(5-6-20-8-14)13(19)21-16-11(17)9-3-1-2-4-10(9)12(16)18/h1-4H,5-6,8H2. The molecule has 0 N–H and O–H groups in total. The van der Waals surface area contributed by atoms with Crippen molar-refractivity contribution in [1.29, 1.82) is 5.26 Å². The Bertz CT molecular complexity index is 650. The van der Waals surface area contributed by atoms with Gasteiger partial charge in [0.1, 0.15) is 0 Å². The van der Waals surface area contributed by atoms with Crippen molar-refractivity contribution in [2.24, 2.45) is 5.41 Å². The molecule has 2 heterocycles. The molecule has 7 heteroatoms. The van der Waals surface area contributed by atoms with Crippen LogP contribution in [0.15, 0.2) is 24.3 Å². The number of hydroxylamine groups is 2. The third-order valence-corrected chi connectivity index (χ3v) is 3.56. The van der Waals surface area contributed by atoms with Crippen molar-refractivity contribution in [2.45, 2.75) is 6.42 Å². The molecule has 2 aliphatic rings. The van der Waals surface area contributed by atoms with E-state index in [1.807, 2.05) is 6.07 Å². The van der Waals surface area contributed by atoms with Crippen molar-refractivity contribution in [3.8, 4) is 6.07 Å². The Hall–Kier alpha value is -2.72. The number of amides is 2. The van der Waals surface area contributed by atoms with Crippen LogP contribution >= 0.6 is 0 Å². The molecule has 1 saturated heterocycles. The van der Waals surface area contributed by atoms with Crippen LogP contribution in [-0.2, 0) is 14.4 Å². The Morgan fingerprint density at radius 1 is 1.29 bits per heavy atom. The number of rotatable bonds is 2. The van der Waals surface area contributed by atoms with Gasteiger partial charge in [-0.15, -0.1) is 0 Å². The summed E-state index contributed by atoms with van der Waals surface area (Å²) in [6.45, 7) is 0.149. The summed E-state index contributed by atoms with van der Waals surface area (Å²) in [7, 11) is 0. The zero-order valence-electron chi connectivity index (χ0n) is 10.9. The maximum atomic E-state index is 12.1. The molecule has 1 aromatic carbocycles. The summed E-state index contributed by atoms with van der Waals surface area (Å²) in [5.74, 6) is -2.37. The number of ether oxygens (including phenoxy) is 1. The number of nitrogens with zero attached hydrogens (tertiary/aromatic N) is 2. The van der Waals surface area contributed by atoms with E-state index in [0.717, 1.165) is 0 Å². The lowest BCUT2D eigenvalue weighted by atomic mass is 9.90. The summed E-state index contributed by atoms with van der Waals surface area (Å²) >= 11 is 0. The second kappa shape index (κ2) is 4.68. The molecule has 21 heavy (non-hydrogen) atoms. The molecule has 106 valence electrons. The summed E-state index contributed by atoms with van der Waals surface area (Å²) in [6, 6.07) is 8.02. The number of hydrogen-bond acceptors (Lipinski definition) is 6. The van der Waals surface area contributed by atoms with Crippen molar-refractivity contribution in [3.05, 3.63) is 35.4 Å². The SMILES string of the molecule is N#CC1(C(=O)ON2C(=O)c3ccccc3C2=O)CCOC1. The van der Waals surface area contributed by atoms with Gasteiger partial charge in [-0.25, -0.2) is 4.79 Å². The highest BCUT2D eigenvalue weighted by Gasteiger charge is 2.48. The predicted molar refractivity (Wildman–Crippen MR) is 66.5 cm³/mol. The summed E-state index contributed by atoms with van der Waals surface area (Å²) in [5.41, 5.74) is -1.12. The number of imide groups is 1. The molecular weight excluding hydrogens is 276 g/mol. The average Bonchev–Trinajstić information content (AvgIpc) is 3.08. The molecule has 0 aromatic heterocycles. The number of carbonyl (C=O) groups excluding carboxylic acids is 3. The van der Waals surface area contributed by atoms with E-state index in [4.69, 9.17) is 14.8 Å². The lowest BCUT2D eigenvalue weighted by molar-refractivity contribution is -0.177. The third kappa shape index (κ3) is 1.88. The van der Waals surface area contributed by atoms with Gasteiger partial charge in [-0.05, 0) is 12.1 Å². The molecule has 3 rings (SSSR count). The van der Waals surface area contributed by atoms with Gasteiger partial charge in [0.05, 0.1) is 23.8 Å². The first-order valence-electron chi connectivity index (χ1n) is 6.28. The first kappa shape index (κ1) is 13.3. The van der Waals surface area contributed by atoms with E-state index in [1.165, 1.54) is 12.1 Å². The topological polar surface area (TPSA) is 96.7 Å². The van der Waals surface area contributed by atoms with Crippen molar-refractivity contribution in [2.75, 3.05) is 13.2 Å². The van der Waals surface area contributed by atoms with Crippen LogP contribution in [0.5, 0.6) is 0 Å². The molecular formula is C14H10N2O5. The highest BCUT2D eigenvalue weighted by atomic mass is 16.7. The van der Waals surface area contributed by atoms with Gasteiger partial charge >= 0.3 is 5.97 Å². The fourth-order valence-electron chi connectivity index (χ4n) is 2.28. The van der Waals surface area contributed by atoms with Crippen LogP contribution in [0.3, 0.4) is 0 Å². The van der Waals surface area contributed by atoms with Crippen LogP contribution in [0, 0.1) is 16.7 Å². The molecule has 0 saturated carbocycles. The minimum atomic E-state index is -1.46. The van der Waals surface area contributed by atoms with E-state index in [-0.39, 0.29) is 30.8 Å². The van der Waals surface area contributed by atoms with Gasteiger partial charge in [0.25, 0.3) is 11.8 Å². The molecule has 7 nitrogen and oxygen atoms in total. The highest BCUT2D eigenvalue weighted by Crippen LogP contribution is 2.31. The van der Waals surface area contributed by atoms with Crippen LogP contribution in [0.1, 0.15) is 27.1 Å². The van der Waals surface area contributed by atoms with Crippen molar-refractivity contribution in [3.63, 3.8) is 0 Å². The van der Waals surface area contributed by atoms with Crippen LogP contribution in [0.4, 0.5) is 0 Å². The number of benzene rings is 1. The Morgan fingerprint density at radius 2 is 1.90 bits per heavy atom. The second-order valence-corrected chi connectivity index (χ2v) is 4.83. The first-order chi connectivity index (χ1) is 10.1. The fourth-order valence-corrected chi connectivity index (χ4v) is 2.28. The van der Waals surface area contributed by atoms with Gasteiger partial charge in [0, 0.05) is 13.0 Å². The molecule has 0 bridgehead atoms. The van der Waals surface area contributed by atoms with E-state index in [0.29, 0.717) is 5.06 Å². The molecule has 2 aliphatic heterocycles. The minimum absolute atomic E-state index is 0.106. The Morgan fingerprint density at radius 3 is 2.38 bits per heavy atom. The van der Waals surface area contributed by atoms with Gasteiger partial charge < -0.3 is 9.57 Å². The maximum Gasteiger partial charge on any atom is 0.355 e. The van der Waals surface area contributed by atoms with Crippen molar-refractivity contribution < 1.29 is 24.0 Å². The lowest BCUT2D eigenvalue weighted by Crippen LogP contribution is -2.40. The molecule has 0 spiro atoms. The second-order valence-electron chi connectivity index (χ2n) is 4.83. The largest absolute Gasteiger partial charge is 0.379 e. The third-order valence-electron chi connectivity index (χ3n) is 3.56. The fraction of sp³-hybridized carbons (Fsp3) is 0.286. The zero-order valence-corrected chi connectivity index (χ0v) is 10.9. The van der Waals surface area contributed by atoms with Gasteiger partial charge in [0.2, 0.25) is 0 Å². The molecule has 1 aromatic rings. The molecule has 0 radical (unpaired) electrons. The van der Waals surface area contributed by atoms with E-state index in [1.54, 1.807) is 12.1 Å². The molecule has 2 amide bonds. The Kier molecular flexibility index (Phi) is 2.96. The van der Waals surface area contributed by atoms with Gasteiger partial charge in [-0.2, -0.15) is 5.26 Å².